The molecule has 1 aromatic heterocycles. The van der Waals surface area contributed by atoms with Gasteiger partial charge in [-0.3, -0.25) is 4.90 Å². The van der Waals surface area contributed by atoms with Crippen LogP contribution in [0.4, 0.5) is 17.6 Å². The van der Waals surface area contributed by atoms with Crippen molar-refractivity contribution in [3.63, 3.8) is 0 Å². The van der Waals surface area contributed by atoms with E-state index in [0.717, 1.165) is 37.4 Å². The van der Waals surface area contributed by atoms with Crippen molar-refractivity contribution in [2.45, 2.75) is 25.7 Å². The number of fused-ring (bicyclic) bond motifs is 1. The Morgan fingerprint density at radius 2 is 2.23 bits per heavy atom. The van der Waals surface area contributed by atoms with E-state index in [1.165, 1.54) is 6.42 Å². The number of thioether (sulfide) groups is 1. The lowest BCUT2D eigenvalue weighted by atomic mass is 10.0. The van der Waals surface area contributed by atoms with Crippen LogP contribution in [0.5, 0.6) is 5.75 Å². The maximum absolute atomic E-state index is 13.8. The van der Waals surface area contributed by atoms with Gasteiger partial charge in [-0.15, -0.1) is 24.9 Å². The van der Waals surface area contributed by atoms with Gasteiger partial charge < -0.3 is 9.72 Å². The zero-order valence-electron chi connectivity index (χ0n) is 14.0. The maximum Gasteiger partial charge on any atom is 0.573 e. The summed E-state index contributed by atoms with van der Waals surface area (Å²) in [5.41, 5.74) is 0.596. The van der Waals surface area contributed by atoms with Crippen LogP contribution in [0.25, 0.3) is 11.0 Å². The second kappa shape index (κ2) is 7.87. The first-order valence-corrected chi connectivity index (χ1v) is 9.27. The number of imidazole rings is 1. The summed E-state index contributed by atoms with van der Waals surface area (Å²) in [6.45, 7) is 6.12. The molecule has 4 nitrogen and oxygen atoms in total. The lowest BCUT2D eigenvalue weighted by Gasteiger charge is -2.31. The average Bonchev–Trinajstić information content (AvgIpc) is 2.93. The van der Waals surface area contributed by atoms with Gasteiger partial charge in [0.25, 0.3) is 0 Å². The molecule has 1 N–H and O–H groups in total. The van der Waals surface area contributed by atoms with E-state index in [4.69, 9.17) is 0 Å². The summed E-state index contributed by atoms with van der Waals surface area (Å²) in [5, 5.41) is 1.84. The molecule has 26 heavy (non-hydrogen) atoms. The minimum absolute atomic E-state index is 0.247. The first-order valence-electron chi connectivity index (χ1n) is 8.23. The number of H-pyrrole nitrogens is 1. The van der Waals surface area contributed by atoms with Crippen LogP contribution in [0.2, 0.25) is 0 Å². The molecule has 1 fully saturated rings. The van der Waals surface area contributed by atoms with Crippen molar-refractivity contribution >= 4 is 22.8 Å². The predicted octanol–water partition coefficient (Wildman–Crippen LogP) is 4.69. The number of aromatic amines is 1. The van der Waals surface area contributed by atoms with Crippen LogP contribution in [-0.4, -0.2) is 40.1 Å². The predicted molar refractivity (Wildman–Crippen MR) is 93.4 cm³/mol. The molecule has 0 spiro atoms. The van der Waals surface area contributed by atoms with E-state index in [9.17, 15) is 17.6 Å². The molecule has 2 heterocycles. The highest BCUT2D eigenvalue weighted by Crippen LogP contribution is 2.29. The van der Waals surface area contributed by atoms with Crippen molar-refractivity contribution in [1.82, 2.24) is 14.9 Å². The van der Waals surface area contributed by atoms with Gasteiger partial charge in [-0.2, -0.15) is 0 Å². The summed E-state index contributed by atoms with van der Waals surface area (Å²) >= 11 is 1.70. The number of nitrogens with zero attached hydrogens (tertiary/aromatic N) is 2. The fourth-order valence-corrected chi connectivity index (χ4v) is 3.87. The lowest BCUT2D eigenvalue weighted by Crippen LogP contribution is -2.36. The first kappa shape index (κ1) is 19.0. The van der Waals surface area contributed by atoms with Crippen molar-refractivity contribution in [3.8, 4) is 5.75 Å². The Morgan fingerprint density at radius 1 is 1.42 bits per heavy atom. The largest absolute Gasteiger partial charge is 0.573 e. The molecule has 0 bridgehead atoms. The van der Waals surface area contributed by atoms with Gasteiger partial charge in [0.05, 0.1) is 17.6 Å². The van der Waals surface area contributed by atoms with Gasteiger partial charge in [-0.25, -0.2) is 9.37 Å². The number of hydrogen-bond donors (Lipinski definition) is 1. The molecule has 0 unspecified atom stereocenters. The van der Waals surface area contributed by atoms with Crippen LogP contribution in [0, 0.1) is 11.7 Å². The Hall–Kier alpha value is -1.74. The lowest BCUT2D eigenvalue weighted by molar-refractivity contribution is -0.275. The number of likely N-dealkylation sites (tertiary alicyclic amines) is 1. The molecule has 0 radical (unpaired) electrons. The van der Waals surface area contributed by atoms with Crippen LogP contribution in [0.3, 0.4) is 0 Å². The number of hydrogen-bond acceptors (Lipinski definition) is 4. The fraction of sp³-hybridized carbons (Fsp3) is 0.471. The quantitative estimate of drug-likeness (QED) is 0.728. The van der Waals surface area contributed by atoms with E-state index < -0.39 is 17.9 Å². The normalized spacial score (nSPS) is 19.0. The minimum atomic E-state index is -4.94. The standard InChI is InChI=1S/C17H19F4N3OS/c1-2-26-10-11-4-3-5-24(8-11)9-16-22-13-6-12(18)15(7-14(13)23-16)25-17(19,20)21/h2,6-7,11H,1,3-5,8-10H2,(H,22,23)/t11-/m1/s1. The summed E-state index contributed by atoms with van der Waals surface area (Å²) in [4.78, 5) is 9.52. The average molecular weight is 389 g/mol. The van der Waals surface area contributed by atoms with Gasteiger partial charge in [0.1, 0.15) is 5.82 Å². The fourth-order valence-electron chi connectivity index (χ4n) is 3.19. The van der Waals surface area contributed by atoms with Gasteiger partial charge in [0.15, 0.2) is 11.6 Å². The Balaban J connectivity index is 1.71. The maximum atomic E-state index is 13.8. The van der Waals surface area contributed by atoms with Crippen LogP contribution < -0.4 is 4.74 Å². The van der Waals surface area contributed by atoms with Crippen molar-refractivity contribution in [2.24, 2.45) is 5.92 Å². The van der Waals surface area contributed by atoms with E-state index in [0.29, 0.717) is 23.8 Å². The Morgan fingerprint density at radius 3 is 2.96 bits per heavy atom. The Kier molecular flexibility index (Phi) is 5.76. The van der Waals surface area contributed by atoms with Gasteiger partial charge in [-0.1, -0.05) is 6.58 Å². The third kappa shape index (κ3) is 4.91. The van der Waals surface area contributed by atoms with Crippen molar-refractivity contribution < 1.29 is 22.3 Å². The second-order valence-electron chi connectivity index (χ2n) is 6.27. The van der Waals surface area contributed by atoms with E-state index in [1.54, 1.807) is 11.8 Å². The topological polar surface area (TPSA) is 41.2 Å². The van der Waals surface area contributed by atoms with Gasteiger partial charge in [0, 0.05) is 24.4 Å². The summed E-state index contributed by atoms with van der Waals surface area (Å²) in [6.07, 6.45) is -2.69. The van der Waals surface area contributed by atoms with Crippen LogP contribution in [-0.2, 0) is 6.54 Å². The number of halogens is 4. The SMILES string of the molecule is C=CSC[C@@H]1CCCN(Cc2nc3cc(OC(F)(F)F)c(F)cc3[nH]2)C1. The molecule has 0 aliphatic carbocycles. The highest BCUT2D eigenvalue weighted by Gasteiger charge is 2.32. The molecule has 2 aromatic rings. The zero-order valence-corrected chi connectivity index (χ0v) is 14.8. The van der Waals surface area contributed by atoms with E-state index >= 15 is 0 Å². The van der Waals surface area contributed by atoms with Crippen LogP contribution >= 0.6 is 11.8 Å². The molecule has 9 heteroatoms. The number of alkyl halides is 3. The molecule has 0 saturated carbocycles. The number of nitrogens with one attached hydrogen (secondary N) is 1. The summed E-state index contributed by atoms with van der Waals surface area (Å²) in [7, 11) is 0. The highest BCUT2D eigenvalue weighted by atomic mass is 32.2. The van der Waals surface area contributed by atoms with E-state index in [2.05, 4.69) is 26.2 Å². The number of aromatic nitrogens is 2. The van der Waals surface area contributed by atoms with Crippen molar-refractivity contribution in [1.29, 1.82) is 0 Å². The van der Waals surface area contributed by atoms with Crippen LogP contribution in [0.15, 0.2) is 24.1 Å². The number of piperidine rings is 1. The molecule has 1 aliphatic rings. The molecular formula is C17H19F4N3OS. The third-order valence-electron chi connectivity index (χ3n) is 4.24. The van der Waals surface area contributed by atoms with E-state index in [-0.39, 0.29) is 5.52 Å². The first-order chi connectivity index (χ1) is 12.3. The summed E-state index contributed by atoms with van der Waals surface area (Å²) in [6, 6.07) is 1.95. The van der Waals surface area contributed by atoms with Crippen molar-refractivity contribution in [2.75, 3.05) is 18.8 Å². The zero-order chi connectivity index (χ0) is 18.7. The van der Waals surface area contributed by atoms with Gasteiger partial charge in [-0.05, 0) is 30.7 Å². The summed E-state index contributed by atoms with van der Waals surface area (Å²) < 4.78 is 54.5. The molecule has 0 amide bonds. The molecule has 1 aliphatic heterocycles. The number of ether oxygens (including phenoxy) is 1. The number of benzene rings is 1. The molecular weight excluding hydrogens is 370 g/mol. The summed E-state index contributed by atoms with van der Waals surface area (Å²) in [5.74, 6) is 0.233. The molecule has 3 rings (SSSR count). The molecule has 1 atom stereocenters. The number of rotatable bonds is 6. The van der Waals surface area contributed by atoms with Crippen LogP contribution in [0.1, 0.15) is 18.7 Å². The smallest absolute Gasteiger partial charge is 0.403 e. The Bertz CT molecular complexity index is 777. The minimum Gasteiger partial charge on any atom is -0.403 e. The van der Waals surface area contributed by atoms with E-state index in [1.807, 2.05) is 5.41 Å². The van der Waals surface area contributed by atoms with Gasteiger partial charge in [0.2, 0.25) is 0 Å². The van der Waals surface area contributed by atoms with Gasteiger partial charge >= 0.3 is 6.36 Å². The molecule has 1 saturated heterocycles. The molecule has 1 aromatic carbocycles. The second-order valence-corrected chi connectivity index (χ2v) is 7.27. The highest BCUT2D eigenvalue weighted by molar-refractivity contribution is 8.02. The molecule has 142 valence electrons. The third-order valence-corrected chi connectivity index (χ3v) is 5.14. The van der Waals surface area contributed by atoms with Crippen molar-refractivity contribution in [3.05, 3.63) is 35.8 Å². The monoisotopic (exact) mass is 389 g/mol. The Labute approximate surface area is 152 Å².